The Labute approximate surface area is 123 Å². The molecule has 0 radical (unpaired) electrons. The minimum atomic E-state index is -0.112. The summed E-state index contributed by atoms with van der Waals surface area (Å²) in [7, 11) is 0. The molecular formula is C16H16ClN3. The van der Waals surface area contributed by atoms with Gasteiger partial charge in [0.1, 0.15) is 6.17 Å². The summed E-state index contributed by atoms with van der Waals surface area (Å²) in [5, 5.41) is 1.07. The van der Waals surface area contributed by atoms with Crippen molar-refractivity contribution in [2.45, 2.75) is 20.0 Å². The Hall–Kier alpha value is -1.87. The fraction of sp³-hybridized carbons (Fsp3) is 0.250. The number of aryl methyl sites for hydroxylation is 2. The number of nitrogens with zero attached hydrogens (tertiary/aromatic N) is 3. The van der Waals surface area contributed by atoms with Crippen molar-refractivity contribution in [1.29, 1.82) is 0 Å². The van der Waals surface area contributed by atoms with Crippen LogP contribution in [-0.4, -0.2) is 17.0 Å². The fourth-order valence-electron chi connectivity index (χ4n) is 2.44. The molecule has 0 saturated carbocycles. The van der Waals surface area contributed by atoms with Gasteiger partial charge in [-0.25, -0.2) is 9.98 Å². The fourth-order valence-corrected chi connectivity index (χ4v) is 2.66. The van der Waals surface area contributed by atoms with Gasteiger partial charge in [0.05, 0.1) is 5.88 Å². The number of hydrogen-bond acceptors (Lipinski definition) is 3. The molecule has 1 aromatic heterocycles. The van der Waals surface area contributed by atoms with Crippen LogP contribution in [0.1, 0.15) is 11.1 Å². The zero-order chi connectivity index (χ0) is 14.1. The van der Waals surface area contributed by atoms with E-state index in [-0.39, 0.29) is 6.17 Å². The molecule has 2 heterocycles. The van der Waals surface area contributed by atoms with E-state index in [1.165, 1.54) is 11.1 Å². The lowest BCUT2D eigenvalue weighted by atomic mass is 10.1. The molecule has 102 valence electrons. The molecule has 0 N–H and O–H groups in total. The van der Waals surface area contributed by atoms with E-state index in [1.54, 1.807) is 6.20 Å². The summed E-state index contributed by atoms with van der Waals surface area (Å²) in [6.07, 6.45) is 3.79. The first-order valence-electron chi connectivity index (χ1n) is 6.62. The first-order valence-corrected chi connectivity index (χ1v) is 7.15. The molecular weight excluding hydrogens is 270 g/mol. The molecule has 1 atom stereocenters. The maximum absolute atomic E-state index is 6.10. The summed E-state index contributed by atoms with van der Waals surface area (Å²) in [5.74, 6) is 0.430. The summed E-state index contributed by atoms with van der Waals surface area (Å²) in [6.45, 7) is 4.17. The Morgan fingerprint density at radius 3 is 2.70 bits per heavy atom. The predicted octanol–water partition coefficient (Wildman–Crippen LogP) is 2.14. The Kier molecular flexibility index (Phi) is 3.45. The molecule has 0 aliphatic carbocycles. The number of fused-ring (bicyclic) bond motifs is 1. The van der Waals surface area contributed by atoms with Gasteiger partial charge in [-0.2, -0.15) is 0 Å². The number of anilines is 1. The number of aromatic nitrogens is 1. The molecule has 0 fully saturated rings. The molecule has 2 aromatic rings. The highest BCUT2D eigenvalue weighted by Crippen LogP contribution is 2.23. The number of rotatable bonds is 2. The van der Waals surface area contributed by atoms with E-state index in [0.717, 1.165) is 16.4 Å². The Morgan fingerprint density at radius 1 is 1.15 bits per heavy atom. The van der Waals surface area contributed by atoms with Crippen molar-refractivity contribution >= 4 is 23.5 Å². The van der Waals surface area contributed by atoms with Gasteiger partial charge in [-0.3, -0.25) is 0 Å². The zero-order valence-corrected chi connectivity index (χ0v) is 12.3. The molecule has 1 aliphatic rings. The van der Waals surface area contributed by atoms with Gasteiger partial charge in [0.25, 0.3) is 0 Å². The second-order valence-corrected chi connectivity index (χ2v) is 5.26. The zero-order valence-electron chi connectivity index (χ0n) is 11.5. The Balaban J connectivity index is 2.22. The minimum absolute atomic E-state index is 0.112. The molecule has 4 heteroatoms. The monoisotopic (exact) mass is 285 g/mol. The largest absolute Gasteiger partial charge is 0.323 e. The molecule has 3 nitrogen and oxygen atoms in total. The van der Waals surface area contributed by atoms with Gasteiger partial charge in [-0.1, -0.05) is 18.2 Å². The highest BCUT2D eigenvalue weighted by molar-refractivity contribution is 6.18. The van der Waals surface area contributed by atoms with Gasteiger partial charge in [-0.05, 0) is 37.1 Å². The van der Waals surface area contributed by atoms with Gasteiger partial charge in [0.15, 0.2) is 5.49 Å². The van der Waals surface area contributed by atoms with Crippen LogP contribution >= 0.6 is 11.6 Å². The number of para-hydroxylation sites is 1. The molecule has 0 bridgehead atoms. The third kappa shape index (κ3) is 2.18. The summed E-state index contributed by atoms with van der Waals surface area (Å²) < 4.78 is 0. The van der Waals surface area contributed by atoms with Crippen molar-refractivity contribution in [1.82, 2.24) is 4.98 Å². The highest BCUT2D eigenvalue weighted by atomic mass is 35.5. The molecule has 3 rings (SSSR count). The smallest absolute Gasteiger partial charge is 0.158 e. The number of halogens is 1. The van der Waals surface area contributed by atoms with Crippen LogP contribution < -0.4 is 15.6 Å². The van der Waals surface area contributed by atoms with Crippen molar-refractivity contribution in [3.05, 3.63) is 58.4 Å². The number of pyridine rings is 1. The van der Waals surface area contributed by atoms with E-state index in [0.29, 0.717) is 5.88 Å². The molecule has 1 unspecified atom stereocenters. The first kappa shape index (κ1) is 13.1. The van der Waals surface area contributed by atoms with Gasteiger partial charge in [0, 0.05) is 23.3 Å². The van der Waals surface area contributed by atoms with Gasteiger partial charge >= 0.3 is 0 Å². The van der Waals surface area contributed by atoms with E-state index in [1.807, 2.05) is 18.2 Å². The van der Waals surface area contributed by atoms with E-state index in [2.05, 4.69) is 47.1 Å². The summed E-state index contributed by atoms with van der Waals surface area (Å²) in [5.41, 5.74) is 4.29. The maximum Gasteiger partial charge on any atom is 0.158 e. The maximum atomic E-state index is 6.10. The van der Waals surface area contributed by atoms with E-state index in [9.17, 15) is 0 Å². The van der Waals surface area contributed by atoms with Crippen molar-refractivity contribution in [3.8, 4) is 0 Å². The van der Waals surface area contributed by atoms with Crippen LogP contribution in [0.25, 0.3) is 6.20 Å². The van der Waals surface area contributed by atoms with Gasteiger partial charge in [0.2, 0.25) is 0 Å². The number of benzene rings is 1. The second-order valence-electron chi connectivity index (χ2n) is 4.95. The van der Waals surface area contributed by atoms with E-state index in [4.69, 9.17) is 11.6 Å². The van der Waals surface area contributed by atoms with Crippen LogP contribution in [0.5, 0.6) is 0 Å². The molecule has 1 aromatic carbocycles. The van der Waals surface area contributed by atoms with Crippen LogP contribution in [0.4, 0.5) is 5.69 Å². The topological polar surface area (TPSA) is 28.5 Å². The average molecular weight is 286 g/mol. The van der Waals surface area contributed by atoms with Crippen LogP contribution in [0.2, 0.25) is 0 Å². The molecule has 20 heavy (non-hydrogen) atoms. The SMILES string of the molecule is Cc1ccccc1N1C=c2c(C)ccnc2=NC1CCl. The van der Waals surface area contributed by atoms with Crippen molar-refractivity contribution in [2.24, 2.45) is 4.99 Å². The standard InChI is InChI=1S/C16H16ClN3/c1-11-7-8-18-16-13(11)10-20(15(9-17)19-16)14-6-4-3-5-12(14)2/h3-8,10,15H,9H2,1-2H3. The predicted molar refractivity (Wildman–Crippen MR) is 82.4 cm³/mol. The van der Waals surface area contributed by atoms with E-state index < -0.39 is 0 Å². The first-order chi connectivity index (χ1) is 9.70. The lowest BCUT2D eigenvalue weighted by molar-refractivity contribution is 0.719. The third-order valence-electron chi connectivity index (χ3n) is 3.58. The third-order valence-corrected chi connectivity index (χ3v) is 3.86. The summed E-state index contributed by atoms with van der Waals surface area (Å²) in [4.78, 5) is 11.2. The van der Waals surface area contributed by atoms with Gasteiger partial charge in [-0.15, -0.1) is 11.6 Å². The number of alkyl halides is 1. The molecule has 1 aliphatic heterocycles. The van der Waals surface area contributed by atoms with Crippen LogP contribution in [-0.2, 0) is 0 Å². The van der Waals surface area contributed by atoms with Gasteiger partial charge < -0.3 is 4.90 Å². The summed E-state index contributed by atoms with van der Waals surface area (Å²) >= 11 is 6.10. The highest BCUT2D eigenvalue weighted by Gasteiger charge is 2.20. The molecule has 0 spiro atoms. The quantitative estimate of drug-likeness (QED) is 0.791. The number of hydrogen-bond donors (Lipinski definition) is 0. The van der Waals surface area contributed by atoms with E-state index >= 15 is 0 Å². The van der Waals surface area contributed by atoms with Crippen molar-refractivity contribution in [3.63, 3.8) is 0 Å². The summed E-state index contributed by atoms with van der Waals surface area (Å²) in [6, 6.07) is 10.3. The van der Waals surface area contributed by atoms with Crippen LogP contribution in [0.15, 0.2) is 41.5 Å². The van der Waals surface area contributed by atoms with Crippen LogP contribution in [0, 0.1) is 13.8 Å². The normalized spacial score (nSPS) is 17.1. The minimum Gasteiger partial charge on any atom is -0.323 e. The molecule has 0 saturated heterocycles. The van der Waals surface area contributed by atoms with Crippen LogP contribution in [0.3, 0.4) is 0 Å². The lowest BCUT2D eigenvalue weighted by Crippen LogP contribution is -2.45. The Bertz CT molecular complexity index is 755. The Morgan fingerprint density at radius 2 is 1.95 bits per heavy atom. The molecule has 0 amide bonds. The second kappa shape index (κ2) is 5.25. The average Bonchev–Trinajstić information content (AvgIpc) is 2.47. The van der Waals surface area contributed by atoms with Crippen molar-refractivity contribution in [2.75, 3.05) is 10.8 Å². The lowest BCUT2D eigenvalue weighted by Gasteiger charge is -2.29. The van der Waals surface area contributed by atoms with Crippen molar-refractivity contribution < 1.29 is 0 Å².